The highest BCUT2D eigenvalue weighted by molar-refractivity contribution is 7.16. The Morgan fingerprint density at radius 1 is 1.35 bits per heavy atom. The molecule has 1 fully saturated rings. The Kier molecular flexibility index (Phi) is 4.25. The van der Waals surface area contributed by atoms with Crippen LogP contribution >= 0.6 is 11.3 Å². The van der Waals surface area contributed by atoms with Crippen LogP contribution < -0.4 is 5.32 Å². The van der Waals surface area contributed by atoms with Gasteiger partial charge in [-0.2, -0.15) is 9.61 Å². The maximum absolute atomic E-state index is 12.0. The van der Waals surface area contributed by atoms with Crippen molar-refractivity contribution in [1.82, 2.24) is 25.1 Å². The summed E-state index contributed by atoms with van der Waals surface area (Å²) in [5.41, 5.74) is 0. The lowest BCUT2D eigenvalue weighted by atomic mass is 10.1. The fourth-order valence-electron chi connectivity index (χ4n) is 2.65. The number of hydrogen-bond donors (Lipinski definition) is 1. The van der Waals surface area contributed by atoms with Gasteiger partial charge in [-0.25, -0.2) is 0 Å². The largest absolute Gasteiger partial charge is 0.353 e. The molecule has 20 heavy (non-hydrogen) atoms. The minimum atomic E-state index is 0.142. The fourth-order valence-corrected chi connectivity index (χ4v) is 3.46. The maximum Gasteiger partial charge on any atom is 0.234 e. The average molecular weight is 293 g/mol. The summed E-state index contributed by atoms with van der Waals surface area (Å²) in [6.07, 6.45) is 10.1. The highest BCUT2D eigenvalue weighted by atomic mass is 32.1. The molecule has 6 nitrogen and oxygen atoms in total. The number of hydrogen-bond acceptors (Lipinski definition) is 5. The lowest BCUT2D eigenvalue weighted by Crippen LogP contribution is -2.34. The number of aromatic nitrogens is 4. The van der Waals surface area contributed by atoms with Crippen LogP contribution in [0.2, 0.25) is 0 Å². The Labute approximate surface area is 121 Å². The van der Waals surface area contributed by atoms with Gasteiger partial charge in [-0.15, -0.1) is 10.2 Å². The highest BCUT2D eigenvalue weighted by Gasteiger charge is 2.15. The molecule has 1 aliphatic carbocycles. The summed E-state index contributed by atoms with van der Waals surface area (Å²) in [5, 5.41) is 16.1. The Morgan fingerprint density at radius 3 is 2.90 bits per heavy atom. The first-order valence-corrected chi connectivity index (χ1v) is 8.08. The van der Waals surface area contributed by atoms with Crippen molar-refractivity contribution in [3.63, 3.8) is 0 Å². The minimum absolute atomic E-state index is 0.142. The molecule has 1 aliphatic rings. The van der Waals surface area contributed by atoms with E-state index < -0.39 is 0 Å². The predicted molar refractivity (Wildman–Crippen MR) is 76.6 cm³/mol. The molecule has 7 heteroatoms. The quantitative estimate of drug-likeness (QED) is 0.875. The second-order valence-corrected chi connectivity index (χ2v) is 6.35. The Balaban J connectivity index is 1.47. The van der Waals surface area contributed by atoms with Crippen LogP contribution in [0.15, 0.2) is 6.33 Å². The first-order chi connectivity index (χ1) is 9.81. The summed E-state index contributed by atoms with van der Waals surface area (Å²) >= 11 is 1.49. The zero-order valence-electron chi connectivity index (χ0n) is 11.4. The van der Waals surface area contributed by atoms with E-state index in [1.54, 1.807) is 10.8 Å². The van der Waals surface area contributed by atoms with E-state index in [2.05, 4.69) is 20.6 Å². The molecular weight excluding hydrogens is 274 g/mol. The number of rotatable bonds is 4. The molecule has 0 spiro atoms. The average Bonchev–Trinajstić information content (AvgIpc) is 2.91. The van der Waals surface area contributed by atoms with Crippen LogP contribution in [-0.4, -0.2) is 31.8 Å². The Hall–Kier alpha value is -1.50. The van der Waals surface area contributed by atoms with Crippen molar-refractivity contribution in [1.29, 1.82) is 0 Å². The molecular formula is C13H19N5OS. The zero-order chi connectivity index (χ0) is 13.8. The normalized spacial score (nSPS) is 17.2. The van der Waals surface area contributed by atoms with E-state index >= 15 is 0 Å². The summed E-state index contributed by atoms with van der Waals surface area (Å²) in [6.45, 7) is 0. The molecule has 0 saturated heterocycles. The summed E-state index contributed by atoms with van der Waals surface area (Å²) in [7, 11) is 0. The van der Waals surface area contributed by atoms with Crippen molar-refractivity contribution < 1.29 is 4.79 Å². The molecule has 1 saturated carbocycles. The fraction of sp³-hybridized carbons (Fsp3) is 0.692. The van der Waals surface area contributed by atoms with E-state index in [1.165, 1.54) is 37.0 Å². The molecule has 1 N–H and O–H groups in total. The van der Waals surface area contributed by atoms with Gasteiger partial charge in [0.25, 0.3) is 0 Å². The second kappa shape index (κ2) is 6.30. The number of aryl methyl sites for hydroxylation is 1. The molecule has 108 valence electrons. The van der Waals surface area contributed by atoms with Crippen molar-refractivity contribution in [2.24, 2.45) is 0 Å². The van der Waals surface area contributed by atoms with Crippen LogP contribution in [0.1, 0.15) is 50.0 Å². The van der Waals surface area contributed by atoms with Gasteiger partial charge in [-0.3, -0.25) is 4.79 Å². The van der Waals surface area contributed by atoms with Crippen molar-refractivity contribution in [3.8, 4) is 0 Å². The third-order valence-corrected chi connectivity index (χ3v) is 4.69. The van der Waals surface area contributed by atoms with Crippen LogP contribution in [0.25, 0.3) is 4.96 Å². The number of carbonyl (C=O) groups is 1. The van der Waals surface area contributed by atoms with Crippen LogP contribution in [0.3, 0.4) is 0 Å². The standard InChI is InChI=1S/C13H19N5OS/c19-11(15-10-5-3-1-2-4-6-10)7-8-12-17-18-9-14-16-13(18)20-12/h9-10H,1-8H2,(H,15,19). The third-order valence-electron chi connectivity index (χ3n) is 3.71. The topological polar surface area (TPSA) is 72.2 Å². The predicted octanol–water partition coefficient (Wildman–Crippen LogP) is 1.96. The Morgan fingerprint density at radius 2 is 2.15 bits per heavy atom. The summed E-state index contributed by atoms with van der Waals surface area (Å²) in [4.78, 5) is 12.8. The van der Waals surface area contributed by atoms with E-state index in [0.717, 1.165) is 22.8 Å². The molecule has 2 heterocycles. The van der Waals surface area contributed by atoms with Gasteiger partial charge in [0.15, 0.2) is 0 Å². The number of nitrogens with zero attached hydrogens (tertiary/aromatic N) is 4. The lowest BCUT2D eigenvalue weighted by molar-refractivity contribution is -0.121. The Bertz CT molecular complexity index is 542. The molecule has 0 atom stereocenters. The number of carbonyl (C=O) groups excluding carboxylic acids is 1. The van der Waals surface area contributed by atoms with E-state index in [9.17, 15) is 4.79 Å². The van der Waals surface area contributed by atoms with Crippen LogP contribution in [0.5, 0.6) is 0 Å². The number of amides is 1. The van der Waals surface area contributed by atoms with Gasteiger partial charge in [0.1, 0.15) is 11.3 Å². The first-order valence-electron chi connectivity index (χ1n) is 7.26. The van der Waals surface area contributed by atoms with E-state index in [1.807, 2.05) is 0 Å². The monoisotopic (exact) mass is 293 g/mol. The first kappa shape index (κ1) is 13.5. The highest BCUT2D eigenvalue weighted by Crippen LogP contribution is 2.18. The van der Waals surface area contributed by atoms with Gasteiger partial charge in [0.05, 0.1) is 0 Å². The molecule has 3 rings (SSSR count). The van der Waals surface area contributed by atoms with Gasteiger partial charge in [0, 0.05) is 18.9 Å². The molecule has 0 aliphatic heterocycles. The van der Waals surface area contributed by atoms with Crippen LogP contribution in [-0.2, 0) is 11.2 Å². The number of fused-ring (bicyclic) bond motifs is 1. The second-order valence-electron chi connectivity index (χ2n) is 5.31. The van der Waals surface area contributed by atoms with Gasteiger partial charge >= 0.3 is 0 Å². The molecule has 0 unspecified atom stereocenters. The maximum atomic E-state index is 12.0. The summed E-state index contributed by atoms with van der Waals surface area (Å²) < 4.78 is 1.66. The number of nitrogens with one attached hydrogen (secondary N) is 1. The van der Waals surface area contributed by atoms with Crippen molar-refractivity contribution in [2.75, 3.05) is 0 Å². The molecule has 0 aromatic carbocycles. The van der Waals surface area contributed by atoms with Gasteiger partial charge < -0.3 is 5.32 Å². The van der Waals surface area contributed by atoms with Gasteiger partial charge in [0.2, 0.25) is 10.9 Å². The summed E-state index contributed by atoms with van der Waals surface area (Å²) in [5.74, 6) is 0.142. The van der Waals surface area contributed by atoms with Crippen LogP contribution in [0.4, 0.5) is 0 Å². The molecule has 2 aromatic rings. The van der Waals surface area contributed by atoms with Crippen LogP contribution in [0, 0.1) is 0 Å². The van der Waals surface area contributed by atoms with Crippen molar-refractivity contribution in [2.45, 2.75) is 57.4 Å². The third kappa shape index (κ3) is 3.33. The molecule has 0 radical (unpaired) electrons. The van der Waals surface area contributed by atoms with Gasteiger partial charge in [-0.05, 0) is 12.8 Å². The van der Waals surface area contributed by atoms with Crippen molar-refractivity contribution >= 4 is 22.2 Å². The molecule has 0 bridgehead atoms. The lowest BCUT2D eigenvalue weighted by Gasteiger charge is -2.15. The smallest absolute Gasteiger partial charge is 0.234 e. The molecule has 1 amide bonds. The van der Waals surface area contributed by atoms with Crippen molar-refractivity contribution in [3.05, 3.63) is 11.3 Å². The minimum Gasteiger partial charge on any atom is -0.353 e. The van der Waals surface area contributed by atoms with E-state index in [0.29, 0.717) is 18.9 Å². The van der Waals surface area contributed by atoms with E-state index in [-0.39, 0.29) is 5.91 Å². The summed E-state index contributed by atoms with van der Waals surface area (Å²) in [6, 6.07) is 0.378. The SMILES string of the molecule is O=C(CCc1nn2cnnc2s1)NC1CCCCCC1. The molecule has 2 aromatic heterocycles. The van der Waals surface area contributed by atoms with Gasteiger partial charge in [-0.1, -0.05) is 37.0 Å². The van der Waals surface area contributed by atoms with E-state index in [4.69, 9.17) is 0 Å². The zero-order valence-corrected chi connectivity index (χ0v) is 12.2.